The minimum Gasteiger partial charge on any atom is -0.338 e. The maximum absolute atomic E-state index is 12.3. The van der Waals surface area contributed by atoms with Crippen molar-refractivity contribution in [2.45, 2.75) is 6.92 Å². The minimum absolute atomic E-state index is 0.243. The Kier molecular flexibility index (Phi) is 4.87. The molecule has 0 unspecified atom stereocenters. The van der Waals surface area contributed by atoms with E-state index in [1.54, 1.807) is 12.1 Å². The summed E-state index contributed by atoms with van der Waals surface area (Å²) in [6.45, 7) is 1.98. The van der Waals surface area contributed by atoms with Gasteiger partial charge in [-0.2, -0.15) is 0 Å². The van der Waals surface area contributed by atoms with E-state index in [0.717, 1.165) is 33.7 Å². The molecule has 6 heteroatoms. The summed E-state index contributed by atoms with van der Waals surface area (Å²) in [7, 11) is 0. The van der Waals surface area contributed by atoms with Gasteiger partial charge in [0.15, 0.2) is 5.11 Å². The zero-order valence-corrected chi connectivity index (χ0v) is 16.0. The van der Waals surface area contributed by atoms with Gasteiger partial charge in [-0.3, -0.25) is 10.1 Å². The molecule has 5 nitrogen and oxygen atoms in total. The summed E-state index contributed by atoms with van der Waals surface area (Å²) >= 11 is 5.28. The van der Waals surface area contributed by atoms with E-state index in [1.807, 2.05) is 67.6 Å². The number of nitrogens with one attached hydrogen (secondary N) is 3. The number of imidazole rings is 1. The molecule has 0 saturated carbocycles. The average Bonchev–Trinajstić information content (AvgIpc) is 3.13. The molecule has 138 valence electrons. The van der Waals surface area contributed by atoms with Gasteiger partial charge in [0.25, 0.3) is 5.91 Å². The van der Waals surface area contributed by atoms with E-state index >= 15 is 0 Å². The van der Waals surface area contributed by atoms with Gasteiger partial charge in [-0.25, -0.2) is 4.98 Å². The Hall–Kier alpha value is -3.51. The first-order valence-electron chi connectivity index (χ1n) is 8.83. The minimum atomic E-state index is -0.245. The van der Waals surface area contributed by atoms with Crippen molar-refractivity contribution in [1.82, 2.24) is 15.3 Å². The predicted octanol–water partition coefficient (Wildman–Crippen LogP) is 4.67. The van der Waals surface area contributed by atoms with Gasteiger partial charge in [0, 0.05) is 16.8 Å². The Morgan fingerprint density at radius 2 is 1.79 bits per heavy atom. The number of nitrogens with zero attached hydrogens (tertiary/aromatic N) is 1. The van der Waals surface area contributed by atoms with Crippen molar-refractivity contribution >= 4 is 40.0 Å². The monoisotopic (exact) mass is 386 g/mol. The first-order chi connectivity index (χ1) is 13.6. The molecule has 0 saturated heterocycles. The third-order valence-corrected chi connectivity index (χ3v) is 4.53. The van der Waals surface area contributed by atoms with Crippen molar-refractivity contribution in [1.29, 1.82) is 0 Å². The van der Waals surface area contributed by atoms with Crippen LogP contribution in [0.15, 0.2) is 72.8 Å². The largest absolute Gasteiger partial charge is 0.338 e. The Balaban J connectivity index is 1.47. The number of H-pyrrole nitrogens is 1. The van der Waals surface area contributed by atoms with Crippen LogP contribution in [0, 0.1) is 6.92 Å². The number of hydrogen-bond acceptors (Lipinski definition) is 3. The lowest BCUT2D eigenvalue weighted by Gasteiger charge is -2.10. The van der Waals surface area contributed by atoms with Crippen LogP contribution in [0.1, 0.15) is 15.9 Å². The Morgan fingerprint density at radius 1 is 1.00 bits per heavy atom. The third-order valence-electron chi connectivity index (χ3n) is 4.32. The lowest BCUT2D eigenvalue weighted by atomic mass is 10.1. The van der Waals surface area contributed by atoms with Gasteiger partial charge in [0.2, 0.25) is 0 Å². The van der Waals surface area contributed by atoms with Crippen LogP contribution in [0.3, 0.4) is 0 Å². The number of carbonyl (C=O) groups is 1. The van der Waals surface area contributed by atoms with Crippen LogP contribution < -0.4 is 10.6 Å². The molecule has 0 spiro atoms. The molecular formula is C22H18N4OS. The van der Waals surface area contributed by atoms with Crippen molar-refractivity contribution in [2.24, 2.45) is 0 Å². The van der Waals surface area contributed by atoms with Crippen LogP contribution >= 0.6 is 12.2 Å². The molecular weight excluding hydrogens is 368 g/mol. The fraction of sp³-hybridized carbons (Fsp3) is 0.0455. The number of amides is 1. The third kappa shape index (κ3) is 3.92. The van der Waals surface area contributed by atoms with E-state index in [4.69, 9.17) is 12.2 Å². The van der Waals surface area contributed by atoms with E-state index in [9.17, 15) is 4.79 Å². The molecule has 0 aliphatic rings. The summed E-state index contributed by atoms with van der Waals surface area (Å²) in [5, 5.41) is 6.00. The average molecular weight is 386 g/mol. The molecule has 4 aromatic rings. The molecule has 0 aliphatic carbocycles. The number of hydrogen-bond donors (Lipinski definition) is 3. The summed E-state index contributed by atoms with van der Waals surface area (Å²) < 4.78 is 0. The smallest absolute Gasteiger partial charge is 0.257 e. The molecule has 4 rings (SSSR count). The first kappa shape index (κ1) is 17.9. The van der Waals surface area contributed by atoms with E-state index < -0.39 is 0 Å². The van der Waals surface area contributed by atoms with Gasteiger partial charge in [-0.05, 0) is 55.5 Å². The van der Waals surface area contributed by atoms with Gasteiger partial charge >= 0.3 is 0 Å². The Morgan fingerprint density at radius 3 is 2.57 bits per heavy atom. The fourth-order valence-corrected chi connectivity index (χ4v) is 3.09. The predicted molar refractivity (Wildman–Crippen MR) is 116 cm³/mol. The maximum atomic E-state index is 12.3. The summed E-state index contributed by atoms with van der Waals surface area (Å²) in [6.07, 6.45) is 0. The highest BCUT2D eigenvalue weighted by atomic mass is 32.1. The SMILES string of the molecule is Cc1ccc(C(=O)NC(=S)Nc2cccc(-c3nc4ccccc4[nH]3)c2)cc1. The number of carbonyl (C=O) groups excluding carboxylic acids is 1. The number of aromatic amines is 1. The van der Waals surface area contributed by atoms with Crippen LogP contribution in [0.25, 0.3) is 22.4 Å². The molecule has 0 fully saturated rings. The fourth-order valence-electron chi connectivity index (χ4n) is 2.88. The molecule has 3 aromatic carbocycles. The van der Waals surface area contributed by atoms with Crippen LogP contribution in [-0.4, -0.2) is 21.0 Å². The van der Waals surface area contributed by atoms with Crippen LogP contribution in [0.4, 0.5) is 5.69 Å². The molecule has 3 N–H and O–H groups in total. The van der Waals surface area contributed by atoms with Gasteiger partial charge < -0.3 is 10.3 Å². The number of aryl methyl sites for hydroxylation is 1. The van der Waals surface area contributed by atoms with Gasteiger partial charge in [-0.15, -0.1) is 0 Å². The molecule has 0 bridgehead atoms. The van der Waals surface area contributed by atoms with Crippen LogP contribution in [-0.2, 0) is 0 Å². The van der Waals surface area contributed by atoms with Crippen molar-refractivity contribution in [3.63, 3.8) is 0 Å². The molecule has 1 heterocycles. The zero-order valence-electron chi connectivity index (χ0n) is 15.2. The topological polar surface area (TPSA) is 69.8 Å². The molecule has 0 atom stereocenters. The molecule has 1 aromatic heterocycles. The maximum Gasteiger partial charge on any atom is 0.257 e. The van der Waals surface area contributed by atoms with Crippen molar-refractivity contribution < 1.29 is 4.79 Å². The van der Waals surface area contributed by atoms with Crippen LogP contribution in [0.5, 0.6) is 0 Å². The van der Waals surface area contributed by atoms with Crippen LogP contribution in [0.2, 0.25) is 0 Å². The number of aromatic nitrogens is 2. The van der Waals surface area contributed by atoms with Crippen molar-refractivity contribution in [3.8, 4) is 11.4 Å². The molecule has 1 amide bonds. The summed E-state index contributed by atoms with van der Waals surface area (Å²) in [4.78, 5) is 20.2. The van der Waals surface area contributed by atoms with E-state index in [1.165, 1.54) is 0 Å². The molecule has 0 radical (unpaired) electrons. The van der Waals surface area contributed by atoms with Crippen molar-refractivity contribution in [3.05, 3.63) is 83.9 Å². The summed E-state index contributed by atoms with van der Waals surface area (Å²) in [6, 6.07) is 22.9. The van der Waals surface area contributed by atoms with E-state index in [-0.39, 0.29) is 11.0 Å². The highest BCUT2D eigenvalue weighted by molar-refractivity contribution is 7.80. The number of rotatable bonds is 3. The first-order valence-corrected chi connectivity index (χ1v) is 9.23. The van der Waals surface area contributed by atoms with Gasteiger partial charge in [0.1, 0.15) is 5.82 Å². The molecule has 28 heavy (non-hydrogen) atoms. The summed E-state index contributed by atoms with van der Waals surface area (Å²) in [5.74, 6) is 0.533. The number of benzene rings is 3. The number of para-hydroxylation sites is 2. The molecule has 0 aliphatic heterocycles. The number of anilines is 1. The van der Waals surface area contributed by atoms with E-state index in [2.05, 4.69) is 20.6 Å². The van der Waals surface area contributed by atoms with Gasteiger partial charge in [0.05, 0.1) is 11.0 Å². The lowest BCUT2D eigenvalue weighted by Crippen LogP contribution is -2.34. The lowest BCUT2D eigenvalue weighted by molar-refractivity contribution is 0.0977. The highest BCUT2D eigenvalue weighted by Crippen LogP contribution is 2.23. The Bertz CT molecular complexity index is 1130. The number of fused-ring (bicyclic) bond motifs is 1. The van der Waals surface area contributed by atoms with Crippen molar-refractivity contribution in [2.75, 3.05) is 5.32 Å². The quantitative estimate of drug-likeness (QED) is 0.448. The van der Waals surface area contributed by atoms with Gasteiger partial charge in [-0.1, -0.05) is 42.0 Å². The second kappa shape index (κ2) is 7.62. The highest BCUT2D eigenvalue weighted by Gasteiger charge is 2.09. The zero-order chi connectivity index (χ0) is 19.5. The summed E-state index contributed by atoms with van der Waals surface area (Å²) in [5.41, 5.74) is 5.25. The number of thiocarbonyl (C=S) groups is 1. The second-order valence-electron chi connectivity index (χ2n) is 6.46. The second-order valence-corrected chi connectivity index (χ2v) is 6.87. The normalized spacial score (nSPS) is 10.6. The van der Waals surface area contributed by atoms with E-state index in [0.29, 0.717) is 5.56 Å². The Labute approximate surface area is 167 Å². The standard InChI is InChI=1S/C22H18N4OS/c1-14-9-11-15(12-10-14)21(27)26-22(28)23-17-6-4-5-16(13-17)20-24-18-7-2-3-8-19(18)25-20/h2-13H,1H3,(H,24,25)(H2,23,26,27,28).